The number of pyridine rings is 1. The van der Waals surface area contributed by atoms with Crippen LogP contribution in [0.15, 0.2) is 22.9 Å². The summed E-state index contributed by atoms with van der Waals surface area (Å²) in [5, 5.41) is 4.90. The highest BCUT2D eigenvalue weighted by molar-refractivity contribution is 6.05. The van der Waals surface area contributed by atoms with E-state index in [1.54, 1.807) is 13.3 Å². The Morgan fingerprint density at radius 1 is 1.22 bits per heavy atom. The van der Waals surface area contributed by atoms with Crippen molar-refractivity contribution >= 4 is 21.9 Å². The van der Waals surface area contributed by atoms with Crippen LogP contribution in [0.4, 0.5) is 8.78 Å². The molecule has 7 nitrogen and oxygen atoms in total. The predicted molar refractivity (Wildman–Crippen MR) is 115 cm³/mol. The molecule has 0 unspecified atom stereocenters. The van der Waals surface area contributed by atoms with Gasteiger partial charge >= 0.3 is 6.61 Å². The molecule has 4 aromatic rings. The molecule has 1 aliphatic rings. The number of rotatable bonds is 7. The van der Waals surface area contributed by atoms with E-state index in [4.69, 9.17) is 14.2 Å². The number of fused-ring (bicyclic) bond motifs is 3. The zero-order valence-corrected chi connectivity index (χ0v) is 18.4. The predicted octanol–water partition coefficient (Wildman–Crippen LogP) is 5.54. The smallest absolute Gasteiger partial charge is 0.345 e. The fraction of sp³-hybridized carbons (Fsp3) is 0.435. The molecule has 0 amide bonds. The Morgan fingerprint density at radius 3 is 2.62 bits per heavy atom. The average Bonchev–Trinajstić information content (AvgIpc) is 3.46. The van der Waals surface area contributed by atoms with Gasteiger partial charge in [0.25, 0.3) is 0 Å². The molecule has 1 saturated carbocycles. The quantitative estimate of drug-likeness (QED) is 0.374. The largest absolute Gasteiger partial charge is 0.496 e. The normalized spacial score (nSPS) is 15.2. The number of benzene rings is 1. The molecule has 0 bridgehead atoms. The van der Waals surface area contributed by atoms with Crippen molar-refractivity contribution in [2.24, 2.45) is 0 Å². The van der Waals surface area contributed by atoms with Gasteiger partial charge in [-0.15, -0.1) is 0 Å². The minimum absolute atomic E-state index is 0.110. The molecule has 5 rings (SSSR count). The van der Waals surface area contributed by atoms with Gasteiger partial charge in [0.15, 0.2) is 0 Å². The van der Waals surface area contributed by atoms with Crippen molar-refractivity contribution in [2.75, 3.05) is 13.7 Å². The zero-order chi connectivity index (χ0) is 22.6. The molecule has 0 spiro atoms. The summed E-state index contributed by atoms with van der Waals surface area (Å²) in [6.45, 7) is 2.69. The standard InChI is InChI=1S/C23H24F2N4O3/c1-11(10-31-23(24)25)29-21-15-8-19(30-4)16(20-12(2)28-32-13(20)3)7-17(15)26-9-18(21)27-22(29)14-5-6-14/h7-9,11,14,23H,5-6,10H2,1-4H3/t11-/m1/s1. The molecule has 1 aliphatic carbocycles. The minimum Gasteiger partial charge on any atom is -0.496 e. The van der Waals surface area contributed by atoms with Gasteiger partial charge in [-0.05, 0) is 45.7 Å². The molecule has 0 aliphatic heterocycles. The van der Waals surface area contributed by atoms with Crippen LogP contribution in [0.25, 0.3) is 33.1 Å². The molecule has 1 atom stereocenters. The van der Waals surface area contributed by atoms with Crippen LogP contribution in [0.1, 0.15) is 49.0 Å². The maximum Gasteiger partial charge on any atom is 0.345 e. The molecular weight excluding hydrogens is 418 g/mol. The Labute approximate surface area is 183 Å². The van der Waals surface area contributed by atoms with Gasteiger partial charge in [0.1, 0.15) is 22.9 Å². The average molecular weight is 442 g/mol. The lowest BCUT2D eigenvalue weighted by Gasteiger charge is -2.19. The molecule has 3 aromatic heterocycles. The number of imidazole rings is 1. The highest BCUT2D eigenvalue weighted by atomic mass is 19.3. The Hall–Kier alpha value is -3.07. The van der Waals surface area contributed by atoms with Gasteiger partial charge in [-0.1, -0.05) is 5.16 Å². The van der Waals surface area contributed by atoms with Crippen LogP contribution in [0.2, 0.25) is 0 Å². The van der Waals surface area contributed by atoms with Gasteiger partial charge in [-0.25, -0.2) is 4.98 Å². The van der Waals surface area contributed by atoms with Crippen molar-refractivity contribution < 1.29 is 22.8 Å². The Morgan fingerprint density at radius 2 is 2.00 bits per heavy atom. The van der Waals surface area contributed by atoms with Gasteiger partial charge in [0.05, 0.1) is 48.2 Å². The van der Waals surface area contributed by atoms with Gasteiger partial charge < -0.3 is 18.6 Å². The number of aromatic nitrogens is 4. The van der Waals surface area contributed by atoms with Crippen molar-refractivity contribution in [2.45, 2.75) is 52.2 Å². The maximum absolute atomic E-state index is 12.7. The first-order valence-corrected chi connectivity index (χ1v) is 10.6. The number of methoxy groups -OCH3 is 1. The van der Waals surface area contributed by atoms with E-state index >= 15 is 0 Å². The fourth-order valence-corrected chi connectivity index (χ4v) is 4.42. The van der Waals surface area contributed by atoms with E-state index in [1.165, 1.54) is 0 Å². The van der Waals surface area contributed by atoms with Crippen molar-refractivity contribution in [3.05, 3.63) is 35.6 Å². The van der Waals surface area contributed by atoms with E-state index < -0.39 is 6.61 Å². The first-order valence-electron chi connectivity index (χ1n) is 10.6. The van der Waals surface area contributed by atoms with Gasteiger partial charge in [-0.2, -0.15) is 8.78 Å². The van der Waals surface area contributed by atoms with Crippen molar-refractivity contribution in [1.82, 2.24) is 19.7 Å². The van der Waals surface area contributed by atoms with Crippen LogP contribution in [0.5, 0.6) is 5.75 Å². The fourth-order valence-electron chi connectivity index (χ4n) is 4.42. The lowest BCUT2D eigenvalue weighted by atomic mass is 10.0. The third-order valence-electron chi connectivity index (χ3n) is 6.01. The molecule has 0 radical (unpaired) electrons. The van der Waals surface area contributed by atoms with Crippen molar-refractivity contribution in [3.8, 4) is 16.9 Å². The Bertz CT molecular complexity index is 1290. The summed E-state index contributed by atoms with van der Waals surface area (Å²) in [7, 11) is 1.61. The summed E-state index contributed by atoms with van der Waals surface area (Å²) in [4.78, 5) is 9.47. The number of alkyl halides is 2. The van der Waals surface area contributed by atoms with Gasteiger partial charge in [0.2, 0.25) is 0 Å². The minimum atomic E-state index is -2.81. The number of hydrogen-bond acceptors (Lipinski definition) is 6. The molecule has 32 heavy (non-hydrogen) atoms. The second-order valence-corrected chi connectivity index (χ2v) is 8.32. The third kappa shape index (κ3) is 3.40. The van der Waals surface area contributed by atoms with E-state index in [1.807, 2.05) is 37.5 Å². The Balaban J connectivity index is 1.75. The topological polar surface area (TPSA) is 75.2 Å². The number of halogens is 2. The summed E-state index contributed by atoms with van der Waals surface area (Å²) >= 11 is 0. The zero-order valence-electron chi connectivity index (χ0n) is 18.4. The summed E-state index contributed by atoms with van der Waals surface area (Å²) in [5.41, 5.74) is 4.81. The van der Waals surface area contributed by atoms with Crippen LogP contribution in [0.3, 0.4) is 0 Å². The van der Waals surface area contributed by atoms with E-state index in [-0.39, 0.29) is 12.6 Å². The van der Waals surface area contributed by atoms with Crippen LogP contribution in [-0.2, 0) is 4.74 Å². The number of hydrogen-bond donors (Lipinski definition) is 0. The number of nitrogens with zero attached hydrogens (tertiary/aromatic N) is 4. The van der Waals surface area contributed by atoms with E-state index in [0.717, 1.165) is 57.4 Å². The van der Waals surface area contributed by atoms with Crippen LogP contribution in [0, 0.1) is 13.8 Å². The molecule has 0 N–H and O–H groups in total. The first kappa shape index (κ1) is 20.8. The highest BCUT2D eigenvalue weighted by Gasteiger charge is 2.32. The lowest BCUT2D eigenvalue weighted by molar-refractivity contribution is -0.135. The van der Waals surface area contributed by atoms with Crippen LogP contribution in [-0.4, -0.2) is 40.0 Å². The number of ether oxygens (including phenoxy) is 2. The van der Waals surface area contributed by atoms with Crippen molar-refractivity contribution in [3.63, 3.8) is 0 Å². The molecular formula is C23H24F2N4O3. The molecule has 1 fully saturated rings. The molecule has 3 heterocycles. The van der Waals surface area contributed by atoms with E-state index in [2.05, 4.69) is 14.9 Å². The lowest BCUT2D eigenvalue weighted by Crippen LogP contribution is -2.16. The summed E-state index contributed by atoms with van der Waals surface area (Å²) in [5.74, 6) is 2.57. The third-order valence-corrected chi connectivity index (χ3v) is 6.01. The van der Waals surface area contributed by atoms with E-state index in [9.17, 15) is 8.78 Å². The second kappa shape index (κ2) is 7.81. The first-order chi connectivity index (χ1) is 15.4. The van der Waals surface area contributed by atoms with Gasteiger partial charge in [-0.3, -0.25) is 4.98 Å². The summed E-state index contributed by atoms with van der Waals surface area (Å²) in [6, 6.07) is 3.57. The van der Waals surface area contributed by atoms with Gasteiger partial charge in [0, 0.05) is 16.9 Å². The SMILES string of the molecule is COc1cc2c(cc1-c1c(C)noc1C)ncc1nc(C3CC3)n([C@H](C)COC(F)F)c12. The Kier molecular flexibility index (Phi) is 5.08. The maximum atomic E-state index is 12.7. The monoisotopic (exact) mass is 442 g/mol. The summed E-state index contributed by atoms with van der Waals surface area (Å²) in [6.07, 6.45) is 3.82. The van der Waals surface area contributed by atoms with Crippen LogP contribution < -0.4 is 4.74 Å². The molecule has 9 heteroatoms. The second-order valence-electron chi connectivity index (χ2n) is 8.32. The van der Waals surface area contributed by atoms with Crippen LogP contribution >= 0.6 is 0 Å². The molecule has 168 valence electrons. The highest BCUT2D eigenvalue weighted by Crippen LogP contribution is 2.44. The van der Waals surface area contributed by atoms with E-state index in [0.29, 0.717) is 17.4 Å². The molecule has 1 aromatic carbocycles. The summed E-state index contributed by atoms with van der Waals surface area (Å²) < 4.78 is 43.2. The molecule has 0 saturated heterocycles. The number of aryl methyl sites for hydroxylation is 2. The van der Waals surface area contributed by atoms with Crippen molar-refractivity contribution in [1.29, 1.82) is 0 Å².